The van der Waals surface area contributed by atoms with Gasteiger partial charge in [0.1, 0.15) is 0 Å². The standard InChI is InChI=1S/C16H25BrN4O.HI/c1-4-18-16(19-5-2)20-11-10-15(22)21(3)12-13-8-6-7-9-14(13)17;/h6-9H,4-5,10-12H2,1-3H3,(H2,18,19,20);1H. The molecule has 0 saturated heterocycles. The van der Waals surface area contributed by atoms with Crippen LogP contribution < -0.4 is 10.6 Å². The van der Waals surface area contributed by atoms with Gasteiger partial charge in [-0.1, -0.05) is 34.1 Å². The highest BCUT2D eigenvalue weighted by atomic mass is 127. The van der Waals surface area contributed by atoms with Crippen molar-refractivity contribution in [3.63, 3.8) is 0 Å². The van der Waals surface area contributed by atoms with Gasteiger partial charge in [-0.3, -0.25) is 9.79 Å². The highest BCUT2D eigenvalue weighted by Gasteiger charge is 2.10. The van der Waals surface area contributed by atoms with E-state index in [2.05, 4.69) is 31.6 Å². The van der Waals surface area contributed by atoms with Crippen molar-refractivity contribution in [1.29, 1.82) is 0 Å². The molecule has 1 aromatic carbocycles. The van der Waals surface area contributed by atoms with Gasteiger partial charge in [-0.15, -0.1) is 24.0 Å². The van der Waals surface area contributed by atoms with Crippen molar-refractivity contribution in [2.24, 2.45) is 4.99 Å². The molecule has 0 saturated carbocycles. The molecule has 0 aliphatic carbocycles. The van der Waals surface area contributed by atoms with Crippen LogP contribution in [0.1, 0.15) is 25.8 Å². The summed E-state index contributed by atoms with van der Waals surface area (Å²) in [6.45, 7) is 6.72. The number of carbonyl (C=O) groups is 1. The van der Waals surface area contributed by atoms with Crippen LogP contribution >= 0.6 is 39.9 Å². The van der Waals surface area contributed by atoms with E-state index in [0.717, 1.165) is 29.1 Å². The maximum absolute atomic E-state index is 12.2. The van der Waals surface area contributed by atoms with Gasteiger partial charge in [0.2, 0.25) is 5.91 Å². The lowest BCUT2D eigenvalue weighted by Crippen LogP contribution is -2.37. The Kier molecular flexibility index (Phi) is 12.1. The third kappa shape index (κ3) is 8.55. The van der Waals surface area contributed by atoms with E-state index in [-0.39, 0.29) is 29.9 Å². The van der Waals surface area contributed by atoms with E-state index < -0.39 is 0 Å². The molecule has 0 atom stereocenters. The van der Waals surface area contributed by atoms with Crippen LogP contribution in [-0.2, 0) is 11.3 Å². The molecule has 2 N–H and O–H groups in total. The van der Waals surface area contributed by atoms with Crippen LogP contribution in [0.3, 0.4) is 0 Å². The molecule has 5 nitrogen and oxygen atoms in total. The number of nitrogens with zero attached hydrogens (tertiary/aromatic N) is 2. The third-order valence-electron chi connectivity index (χ3n) is 3.08. The molecule has 0 aliphatic rings. The zero-order valence-corrected chi connectivity index (χ0v) is 17.9. The molecule has 0 spiro atoms. The van der Waals surface area contributed by atoms with Gasteiger partial charge in [-0.2, -0.15) is 0 Å². The topological polar surface area (TPSA) is 56.7 Å². The van der Waals surface area contributed by atoms with Crippen molar-refractivity contribution >= 4 is 51.8 Å². The first-order valence-electron chi connectivity index (χ1n) is 7.58. The molecular formula is C16H26BrIN4O. The Morgan fingerprint density at radius 1 is 1.22 bits per heavy atom. The molecule has 0 heterocycles. The molecular weight excluding hydrogens is 471 g/mol. The quantitative estimate of drug-likeness (QED) is 0.346. The van der Waals surface area contributed by atoms with Crippen molar-refractivity contribution in [3.8, 4) is 0 Å². The van der Waals surface area contributed by atoms with Gasteiger partial charge < -0.3 is 15.5 Å². The van der Waals surface area contributed by atoms with E-state index in [4.69, 9.17) is 0 Å². The van der Waals surface area contributed by atoms with E-state index in [1.165, 1.54) is 0 Å². The number of guanidine groups is 1. The summed E-state index contributed by atoms with van der Waals surface area (Å²) in [6.07, 6.45) is 0.404. The summed E-state index contributed by atoms with van der Waals surface area (Å²) in [5.41, 5.74) is 1.10. The Morgan fingerprint density at radius 2 is 1.83 bits per heavy atom. The molecule has 23 heavy (non-hydrogen) atoms. The summed E-state index contributed by atoms with van der Waals surface area (Å²) < 4.78 is 1.02. The first kappa shape index (κ1) is 22.2. The maximum atomic E-state index is 12.2. The van der Waals surface area contributed by atoms with E-state index in [0.29, 0.717) is 19.5 Å². The average molecular weight is 497 g/mol. The number of aliphatic imine (C=N–C) groups is 1. The number of hydrogen-bond donors (Lipinski definition) is 2. The molecule has 0 fully saturated rings. The molecule has 0 unspecified atom stereocenters. The van der Waals surface area contributed by atoms with Crippen LogP contribution in [0.4, 0.5) is 0 Å². The molecule has 1 aromatic rings. The lowest BCUT2D eigenvalue weighted by Gasteiger charge is -2.18. The normalized spacial score (nSPS) is 9.57. The molecule has 130 valence electrons. The smallest absolute Gasteiger partial charge is 0.224 e. The zero-order chi connectivity index (χ0) is 16.4. The summed E-state index contributed by atoms with van der Waals surface area (Å²) >= 11 is 3.50. The first-order chi connectivity index (χ1) is 10.6. The fourth-order valence-electron chi connectivity index (χ4n) is 1.93. The minimum Gasteiger partial charge on any atom is -0.357 e. The van der Waals surface area contributed by atoms with E-state index in [1.807, 2.05) is 45.2 Å². The molecule has 0 radical (unpaired) electrons. The first-order valence-corrected chi connectivity index (χ1v) is 8.37. The summed E-state index contributed by atoms with van der Waals surface area (Å²) in [4.78, 5) is 18.3. The van der Waals surface area contributed by atoms with E-state index in [9.17, 15) is 4.79 Å². The molecule has 1 amide bonds. The van der Waals surface area contributed by atoms with Gasteiger partial charge >= 0.3 is 0 Å². The lowest BCUT2D eigenvalue weighted by atomic mass is 10.2. The number of halogens is 2. The Balaban J connectivity index is 0.00000484. The van der Waals surface area contributed by atoms with Gasteiger partial charge in [0, 0.05) is 37.6 Å². The van der Waals surface area contributed by atoms with Crippen molar-refractivity contribution in [3.05, 3.63) is 34.3 Å². The predicted molar refractivity (Wildman–Crippen MR) is 110 cm³/mol. The molecule has 0 bridgehead atoms. The Hall–Kier alpha value is -0.830. The van der Waals surface area contributed by atoms with Crippen molar-refractivity contribution < 1.29 is 4.79 Å². The van der Waals surface area contributed by atoms with Crippen molar-refractivity contribution in [2.75, 3.05) is 26.7 Å². The maximum Gasteiger partial charge on any atom is 0.224 e. The number of rotatable bonds is 7. The van der Waals surface area contributed by atoms with Crippen LogP contribution in [0, 0.1) is 0 Å². The number of nitrogens with one attached hydrogen (secondary N) is 2. The molecule has 0 aliphatic heterocycles. The lowest BCUT2D eigenvalue weighted by molar-refractivity contribution is -0.130. The number of hydrogen-bond acceptors (Lipinski definition) is 2. The summed E-state index contributed by atoms with van der Waals surface area (Å²) in [6, 6.07) is 7.94. The Morgan fingerprint density at radius 3 is 2.39 bits per heavy atom. The number of benzene rings is 1. The molecule has 1 rings (SSSR count). The van der Waals surface area contributed by atoms with E-state index >= 15 is 0 Å². The third-order valence-corrected chi connectivity index (χ3v) is 3.85. The predicted octanol–water partition coefficient (Wildman–Crippen LogP) is 2.99. The Labute approximate surface area is 164 Å². The molecule has 0 aromatic heterocycles. The summed E-state index contributed by atoms with van der Waals surface area (Å²) in [5.74, 6) is 0.845. The second kappa shape index (κ2) is 12.6. The van der Waals surface area contributed by atoms with Crippen LogP contribution in [0.5, 0.6) is 0 Å². The molecule has 7 heteroatoms. The highest BCUT2D eigenvalue weighted by Crippen LogP contribution is 2.17. The van der Waals surface area contributed by atoms with Crippen molar-refractivity contribution in [2.45, 2.75) is 26.8 Å². The van der Waals surface area contributed by atoms with Gasteiger partial charge in [-0.25, -0.2) is 0 Å². The number of amides is 1. The highest BCUT2D eigenvalue weighted by molar-refractivity contribution is 14.0. The van der Waals surface area contributed by atoms with Crippen molar-refractivity contribution in [1.82, 2.24) is 15.5 Å². The monoisotopic (exact) mass is 496 g/mol. The van der Waals surface area contributed by atoms with Crippen LogP contribution in [0.2, 0.25) is 0 Å². The summed E-state index contributed by atoms with van der Waals surface area (Å²) in [7, 11) is 1.82. The van der Waals surface area contributed by atoms with Crippen LogP contribution in [-0.4, -0.2) is 43.4 Å². The minimum atomic E-state index is 0. The fourth-order valence-corrected chi connectivity index (χ4v) is 2.34. The van der Waals surface area contributed by atoms with E-state index in [1.54, 1.807) is 4.90 Å². The Bertz CT molecular complexity index is 503. The zero-order valence-electron chi connectivity index (χ0n) is 13.9. The van der Waals surface area contributed by atoms with Crippen LogP contribution in [0.25, 0.3) is 0 Å². The average Bonchev–Trinajstić information content (AvgIpc) is 2.49. The van der Waals surface area contributed by atoms with Gasteiger partial charge in [0.15, 0.2) is 5.96 Å². The van der Waals surface area contributed by atoms with Crippen LogP contribution in [0.15, 0.2) is 33.7 Å². The SMILES string of the molecule is CCNC(=NCCC(=O)N(C)Cc1ccccc1Br)NCC.I. The fraction of sp³-hybridized carbons (Fsp3) is 0.500. The second-order valence-electron chi connectivity index (χ2n) is 4.88. The van der Waals surface area contributed by atoms with Gasteiger partial charge in [0.05, 0.1) is 6.54 Å². The van der Waals surface area contributed by atoms with Gasteiger partial charge in [0.25, 0.3) is 0 Å². The van der Waals surface area contributed by atoms with Gasteiger partial charge in [-0.05, 0) is 25.5 Å². The summed E-state index contributed by atoms with van der Waals surface area (Å²) in [5, 5.41) is 6.28. The minimum absolute atomic E-state index is 0. The largest absolute Gasteiger partial charge is 0.357 e. The number of carbonyl (C=O) groups excluding carboxylic acids is 1. The second-order valence-corrected chi connectivity index (χ2v) is 5.74.